The molecule has 0 spiro atoms. The van der Waals surface area contributed by atoms with Gasteiger partial charge in [-0.15, -0.1) is 0 Å². The molecule has 0 bridgehead atoms. The molecule has 0 N–H and O–H groups in total. The zero-order valence-corrected chi connectivity index (χ0v) is 22.6. The summed E-state index contributed by atoms with van der Waals surface area (Å²) in [7, 11) is -4.10. The van der Waals surface area contributed by atoms with Gasteiger partial charge in [-0.2, -0.15) is 0 Å². The van der Waals surface area contributed by atoms with E-state index in [2.05, 4.69) is 6.07 Å². The van der Waals surface area contributed by atoms with Crippen LogP contribution in [0.5, 0.6) is 0 Å². The molecular formula is C28H17Cl2IO3S. The summed E-state index contributed by atoms with van der Waals surface area (Å²) < 4.78 is 35.4. The Morgan fingerprint density at radius 1 is 0.571 bits per heavy atom. The molecule has 0 aliphatic rings. The Balaban J connectivity index is 1.52. The van der Waals surface area contributed by atoms with Crippen molar-refractivity contribution in [2.24, 2.45) is 0 Å². The topological polar surface area (TPSA) is 43.4 Å². The van der Waals surface area contributed by atoms with E-state index in [1.807, 2.05) is 66.7 Å². The number of benzene rings is 6. The van der Waals surface area contributed by atoms with E-state index in [9.17, 15) is 8.42 Å². The molecule has 0 aromatic heterocycles. The molecule has 6 aromatic carbocycles. The van der Waals surface area contributed by atoms with Crippen molar-refractivity contribution in [3.63, 3.8) is 0 Å². The normalized spacial score (nSPS) is 12.6. The molecule has 0 aliphatic carbocycles. The van der Waals surface area contributed by atoms with Crippen molar-refractivity contribution in [3.05, 3.63) is 120 Å². The second-order valence-corrected chi connectivity index (χ2v) is 15.4. The first-order valence-electron chi connectivity index (χ1n) is 10.7. The van der Waals surface area contributed by atoms with Crippen LogP contribution in [-0.2, 0) is 12.6 Å². The number of rotatable bonds is 5. The standard InChI is InChI=1S/C28H17Cl2IO3S/c29-21-8-12-23(13-9-21)31(24-14-10-22(30)11-15-24)34-35(32,33)26-17-7-20-5-4-18-2-1-3-19-6-16-25(26)28(20)27(18)19/h1-17H. The Hall–Kier alpha value is -2.42. The SMILES string of the molecule is O=S(=O)(OI(c1ccc(Cl)cc1)c1ccc(Cl)cc1)c1ccc2ccc3cccc4ccc1c2c34. The molecule has 35 heavy (non-hydrogen) atoms. The van der Waals surface area contributed by atoms with Crippen molar-refractivity contribution in [3.8, 4) is 0 Å². The third-order valence-corrected chi connectivity index (χ3v) is 13.8. The third-order valence-electron chi connectivity index (χ3n) is 5.91. The predicted octanol–water partition coefficient (Wildman–Crippen LogP) is 8.76. The van der Waals surface area contributed by atoms with Crippen LogP contribution in [0.25, 0.3) is 32.3 Å². The minimum absolute atomic E-state index is 0.175. The van der Waals surface area contributed by atoms with E-state index < -0.39 is 30.4 Å². The first kappa shape index (κ1) is 23.0. The predicted molar refractivity (Wildman–Crippen MR) is 153 cm³/mol. The van der Waals surface area contributed by atoms with Gasteiger partial charge in [-0.05, 0) is 0 Å². The Bertz CT molecular complexity index is 1740. The molecule has 0 aliphatic heterocycles. The molecule has 174 valence electrons. The maximum absolute atomic E-state index is 13.8. The first-order valence-corrected chi connectivity index (χ1v) is 15.9. The van der Waals surface area contributed by atoms with Crippen molar-refractivity contribution in [2.75, 3.05) is 0 Å². The summed E-state index contributed by atoms with van der Waals surface area (Å²) in [5.74, 6) is 0. The molecule has 0 radical (unpaired) electrons. The van der Waals surface area contributed by atoms with Crippen LogP contribution >= 0.6 is 43.4 Å². The zero-order chi connectivity index (χ0) is 24.2. The van der Waals surface area contributed by atoms with Gasteiger partial charge in [-0.1, -0.05) is 0 Å². The van der Waals surface area contributed by atoms with Crippen LogP contribution in [0.3, 0.4) is 0 Å². The van der Waals surface area contributed by atoms with Gasteiger partial charge in [-0.3, -0.25) is 0 Å². The molecule has 7 heteroatoms. The fourth-order valence-corrected chi connectivity index (χ4v) is 11.6. The Morgan fingerprint density at radius 3 is 1.63 bits per heavy atom. The van der Waals surface area contributed by atoms with Gasteiger partial charge in [0.1, 0.15) is 0 Å². The van der Waals surface area contributed by atoms with Crippen molar-refractivity contribution in [1.82, 2.24) is 0 Å². The van der Waals surface area contributed by atoms with Gasteiger partial charge in [0, 0.05) is 0 Å². The van der Waals surface area contributed by atoms with Gasteiger partial charge in [0.05, 0.1) is 0 Å². The van der Waals surface area contributed by atoms with Gasteiger partial charge < -0.3 is 0 Å². The van der Waals surface area contributed by atoms with E-state index >= 15 is 0 Å². The summed E-state index contributed by atoms with van der Waals surface area (Å²) in [4.78, 5) is 0.175. The van der Waals surface area contributed by atoms with Crippen LogP contribution in [0.1, 0.15) is 0 Å². The first-order chi connectivity index (χ1) is 16.9. The fourth-order valence-electron chi connectivity index (χ4n) is 4.33. The summed E-state index contributed by atoms with van der Waals surface area (Å²) in [6.45, 7) is 0. The molecule has 6 aromatic rings. The van der Waals surface area contributed by atoms with Gasteiger partial charge in [-0.25, -0.2) is 0 Å². The summed E-state index contributed by atoms with van der Waals surface area (Å²) in [5, 5.41) is 6.96. The van der Waals surface area contributed by atoms with Gasteiger partial charge >= 0.3 is 222 Å². The number of hydrogen-bond donors (Lipinski definition) is 0. The van der Waals surface area contributed by atoms with Gasteiger partial charge in [0.2, 0.25) is 0 Å². The monoisotopic (exact) mass is 630 g/mol. The van der Waals surface area contributed by atoms with Gasteiger partial charge in [0.15, 0.2) is 0 Å². The van der Waals surface area contributed by atoms with E-state index in [0.717, 1.165) is 34.1 Å². The maximum atomic E-state index is 13.8. The molecular weight excluding hydrogens is 614 g/mol. The minimum atomic E-state index is -4.10. The number of halogens is 3. The van der Waals surface area contributed by atoms with Crippen molar-refractivity contribution >= 4 is 85.9 Å². The molecule has 3 nitrogen and oxygen atoms in total. The van der Waals surface area contributed by atoms with E-state index in [1.54, 1.807) is 30.3 Å². The quantitative estimate of drug-likeness (QED) is 0.141. The van der Waals surface area contributed by atoms with Crippen LogP contribution < -0.4 is 0 Å². The van der Waals surface area contributed by atoms with Crippen molar-refractivity contribution in [1.29, 1.82) is 0 Å². The molecule has 0 fully saturated rings. The molecule has 0 saturated heterocycles. The van der Waals surface area contributed by atoms with Crippen molar-refractivity contribution in [2.45, 2.75) is 4.90 Å². The van der Waals surface area contributed by atoms with Gasteiger partial charge in [0.25, 0.3) is 0 Å². The summed E-state index contributed by atoms with van der Waals surface area (Å²) in [5.41, 5.74) is 0. The van der Waals surface area contributed by atoms with E-state index in [-0.39, 0.29) is 4.90 Å². The van der Waals surface area contributed by atoms with Crippen LogP contribution in [0.4, 0.5) is 0 Å². The second-order valence-electron chi connectivity index (χ2n) is 8.06. The van der Waals surface area contributed by atoms with E-state index in [1.165, 1.54) is 0 Å². The summed E-state index contributed by atoms with van der Waals surface area (Å²) in [6, 6.07) is 31.9. The molecule has 6 rings (SSSR count). The van der Waals surface area contributed by atoms with Crippen LogP contribution in [0.2, 0.25) is 10.0 Å². The van der Waals surface area contributed by atoms with Crippen LogP contribution in [-0.4, -0.2) is 8.42 Å². The third kappa shape index (κ3) is 4.15. The Labute approximate surface area is 220 Å². The van der Waals surface area contributed by atoms with Crippen LogP contribution in [0, 0.1) is 7.14 Å². The average molecular weight is 631 g/mol. The Kier molecular flexibility index (Phi) is 5.86. The second kappa shape index (κ2) is 8.91. The molecule has 0 atom stereocenters. The molecule has 0 saturated carbocycles. The molecule has 0 heterocycles. The fraction of sp³-hybridized carbons (Fsp3) is 0. The summed E-state index contributed by atoms with van der Waals surface area (Å²) in [6.07, 6.45) is 0. The Morgan fingerprint density at radius 2 is 1.06 bits per heavy atom. The number of hydrogen-bond acceptors (Lipinski definition) is 3. The van der Waals surface area contributed by atoms with Crippen LogP contribution in [0.15, 0.2) is 108 Å². The summed E-state index contributed by atoms with van der Waals surface area (Å²) >= 11 is 9.32. The molecule has 0 amide bonds. The van der Waals surface area contributed by atoms with Crippen molar-refractivity contribution < 1.29 is 10.9 Å². The van der Waals surface area contributed by atoms with E-state index in [4.69, 9.17) is 25.7 Å². The average Bonchev–Trinajstić information content (AvgIpc) is 2.87. The molecule has 0 unspecified atom stereocenters. The zero-order valence-electron chi connectivity index (χ0n) is 18.1. The van der Waals surface area contributed by atoms with E-state index in [0.29, 0.717) is 15.4 Å².